The van der Waals surface area contributed by atoms with Crippen molar-refractivity contribution in [3.05, 3.63) is 35.6 Å². The van der Waals surface area contributed by atoms with E-state index in [1.165, 1.54) is 12.1 Å². The third kappa shape index (κ3) is 4.86. The Labute approximate surface area is 108 Å². The van der Waals surface area contributed by atoms with Gasteiger partial charge >= 0.3 is 5.97 Å². The van der Waals surface area contributed by atoms with Gasteiger partial charge in [-0.1, -0.05) is 26.3 Å². The van der Waals surface area contributed by atoms with Gasteiger partial charge in [0, 0.05) is 0 Å². The molecule has 1 atom stereocenters. The van der Waals surface area contributed by atoms with Crippen LogP contribution >= 0.6 is 0 Å². The Morgan fingerprint density at radius 2 is 2.11 bits per heavy atom. The lowest BCUT2D eigenvalue weighted by molar-refractivity contribution is 0.0313. The number of benzene rings is 1. The highest BCUT2D eigenvalue weighted by Gasteiger charge is 2.15. The summed E-state index contributed by atoms with van der Waals surface area (Å²) < 4.78 is 18.5. The van der Waals surface area contributed by atoms with Gasteiger partial charge in [0.25, 0.3) is 0 Å². The molecule has 0 aliphatic carbocycles. The molecule has 1 radical (unpaired) electrons. The second-order valence-corrected chi connectivity index (χ2v) is 4.95. The fourth-order valence-corrected chi connectivity index (χ4v) is 1.69. The topological polar surface area (TPSA) is 26.3 Å². The van der Waals surface area contributed by atoms with E-state index in [0.717, 1.165) is 25.3 Å². The summed E-state index contributed by atoms with van der Waals surface area (Å²) in [6.45, 7) is 6.16. The summed E-state index contributed by atoms with van der Waals surface area (Å²) in [6, 6.07) is 6.60. The third-order valence-electron chi connectivity index (χ3n) is 2.73. The minimum absolute atomic E-state index is 0.0236. The summed E-state index contributed by atoms with van der Waals surface area (Å²) in [4.78, 5) is 11.7. The smallest absolute Gasteiger partial charge is 0.341 e. The first-order valence-corrected chi connectivity index (χ1v) is 6.37. The lowest BCUT2D eigenvalue weighted by Gasteiger charge is -2.14. The molecule has 0 N–H and O–H groups in total. The molecule has 0 amide bonds. The average Bonchev–Trinajstić information content (AvgIpc) is 2.28. The Hall–Kier alpha value is -1.38. The highest BCUT2D eigenvalue weighted by Crippen LogP contribution is 2.13. The van der Waals surface area contributed by atoms with E-state index in [-0.39, 0.29) is 11.7 Å². The normalized spacial score (nSPS) is 12.5. The van der Waals surface area contributed by atoms with E-state index in [2.05, 4.69) is 19.9 Å². The number of ether oxygens (including phenoxy) is 1. The van der Waals surface area contributed by atoms with Crippen LogP contribution in [0, 0.1) is 17.8 Å². The van der Waals surface area contributed by atoms with Gasteiger partial charge in [-0.25, -0.2) is 9.18 Å². The van der Waals surface area contributed by atoms with Gasteiger partial charge in [0.05, 0.1) is 11.7 Å². The van der Waals surface area contributed by atoms with Crippen LogP contribution in [0.4, 0.5) is 4.39 Å². The van der Waals surface area contributed by atoms with Crippen LogP contribution in [0.15, 0.2) is 18.2 Å². The number of rotatable bonds is 6. The summed E-state index contributed by atoms with van der Waals surface area (Å²) >= 11 is 0. The molecule has 1 rings (SSSR count). The zero-order valence-electron chi connectivity index (χ0n) is 11.2. The van der Waals surface area contributed by atoms with E-state index in [0.29, 0.717) is 5.92 Å². The molecule has 1 unspecified atom stereocenters. The van der Waals surface area contributed by atoms with Gasteiger partial charge in [0.15, 0.2) is 0 Å². The zero-order chi connectivity index (χ0) is 13.5. The maximum atomic E-state index is 13.3. The van der Waals surface area contributed by atoms with Crippen molar-refractivity contribution in [3.63, 3.8) is 0 Å². The molecule has 0 saturated heterocycles. The largest absolute Gasteiger partial charge is 0.459 e. The van der Waals surface area contributed by atoms with E-state index in [1.807, 2.05) is 6.92 Å². The SMILES string of the molecule is CC(C)CCCC(C)OC(=O)c1cc[c]cc1F. The molecule has 0 aliphatic heterocycles. The quantitative estimate of drug-likeness (QED) is 0.714. The van der Waals surface area contributed by atoms with Gasteiger partial charge in [-0.2, -0.15) is 0 Å². The van der Waals surface area contributed by atoms with Crippen molar-refractivity contribution in [2.24, 2.45) is 5.92 Å². The van der Waals surface area contributed by atoms with E-state index in [4.69, 9.17) is 4.74 Å². The number of hydrogen-bond acceptors (Lipinski definition) is 2. The molecule has 2 nitrogen and oxygen atoms in total. The van der Waals surface area contributed by atoms with Crippen molar-refractivity contribution in [2.75, 3.05) is 0 Å². The van der Waals surface area contributed by atoms with Gasteiger partial charge < -0.3 is 4.74 Å². The molecule has 99 valence electrons. The summed E-state index contributed by atoms with van der Waals surface area (Å²) in [7, 11) is 0. The minimum atomic E-state index is -0.599. The molecule has 0 aliphatic rings. The minimum Gasteiger partial charge on any atom is -0.459 e. The van der Waals surface area contributed by atoms with Crippen LogP contribution in [0.2, 0.25) is 0 Å². The second kappa shape index (κ2) is 7.14. The average molecular weight is 251 g/mol. The van der Waals surface area contributed by atoms with Gasteiger partial charge in [-0.15, -0.1) is 0 Å². The fourth-order valence-electron chi connectivity index (χ4n) is 1.69. The van der Waals surface area contributed by atoms with Gasteiger partial charge in [0.2, 0.25) is 0 Å². The molecule has 3 heteroatoms. The highest BCUT2D eigenvalue weighted by molar-refractivity contribution is 5.89. The summed E-state index contributed by atoms with van der Waals surface area (Å²) in [5, 5.41) is 0. The molecule has 1 aromatic rings. The van der Waals surface area contributed by atoms with Gasteiger partial charge in [-0.05, 0) is 43.9 Å². The molecule has 0 spiro atoms. The van der Waals surface area contributed by atoms with Crippen LogP contribution in [0.3, 0.4) is 0 Å². The maximum Gasteiger partial charge on any atom is 0.341 e. The van der Waals surface area contributed by atoms with Crippen LogP contribution in [-0.4, -0.2) is 12.1 Å². The Morgan fingerprint density at radius 1 is 1.39 bits per heavy atom. The summed E-state index contributed by atoms with van der Waals surface area (Å²) in [6.07, 6.45) is 2.75. The molecule has 1 aromatic carbocycles. The molecule has 0 heterocycles. The summed E-state index contributed by atoms with van der Waals surface area (Å²) in [5.74, 6) is -0.537. The lowest BCUT2D eigenvalue weighted by Crippen LogP contribution is -2.16. The van der Waals surface area contributed by atoms with Gasteiger partial charge in [-0.3, -0.25) is 0 Å². The monoisotopic (exact) mass is 251 g/mol. The van der Waals surface area contributed by atoms with Crippen molar-refractivity contribution in [1.82, 2.24) is 0 Å². The Bertz CT molecular complexity index is 388. The maximum absolute atomic E-state index is 13.3. The molecule has 0 bridgehead atoms. The predicted octanol–water partition coefficient (Wildman–Crippen LogP) is 4.00. The number of halogens is 1. The third-order valence-corrected chi connectivity index (χ3v) is 2.73. The molecule has 18 heavy (non-hydrogen) atoms. The first-order valence-electron chi connectivity index (χ1n) is 6.37. The molecule has 0 aromatic heterocycles. The van der Waals surface area contributed by atoms with Crippen LogP contribution in [0.1, 0.15) is 50.4 Å². The highest BCUT2D eigenvalue weighted by atomic mass is 19.1. The van der Waals surface area contributed by atoms with Crippen LogP contribution < -0.4 is 0 Å². The van der Waals surface area contributed by atoms with Crippen molar-refractivity contribution in [2.45, 2.75) is 46.1 Å². The van der Waals surface area contributed by atoms with E-state index in [1.54, 1.807) is 0 Å². The first-order chi connectivity index (χ1) is 8.50. The number of carbonyl (C=O) groups is 1. The van der Waals surface area contributed by atoms with Crippen molar-refractivity contribution >= 4 is 5.97 Å². The Morgan fingerprint density at radius 3 is 2.72 bits per heavy atom. The molecular formula is C15H20FO2. The van der Waals surface area contributed by atoms with Crippen LogP contribution in [-0.2, 0) is 4.74 Å². The fraction of sp³-hybridized carbons (Fsp3) is 0.533. The molecular weight excluding hydrogens is 231 g/mol. The number of esters is 1. The van der Waals surface area contributed by atoms with Crippen LogP contribution in [0.25, 0.3) is 0 Å². The first kappa shape index (κ1) is 14.7. The van der Waals surface area contributed by atoms with Crippen molar-refractivity contribution in [3.8, 4) is 0 Å². The molecule has 0 saturated carbocycles. The predicted molar refractivity (Wildman–Crippen MR) is 68.8 cm³/mol. The van der Waals surface area contributed by atoms with E-state index < -0.39 is 11.8 Å². The van der Waals surface area contributed by atoms with E-state index >= 15 is 0 Å². The van der Waals surface area contributed by atoms with Crippen molar-refractivity contribution < 1.29 is 13.9 Å². The van der Waals surface area contributed by atoms with Crippen LogP contribution in [0.5, 0.6) is 0 Å². The van der Waals surface area contributed by atoms with Gasteiger partial charge in [0.1, 0.15) is 5.82 Å². The second-order valence-electron chi connectivity index (χ2n) is 4.95. The number of carbonyl (C=O) groups excluding carboxylic acids is 1. The standard InChI is InChI=1S/C15H20FO2/c1-11(2)7-6-8-12(3)18-15(17)13-9-4-5-10-14(13)16/h4,9-12H,6-8H2,1-3H3. The zero-order valence-corrected chi connectivity index (χ0v) is 11.2. The number of hydrogen-bond donors (Lipinski definition) is 0. The Kier molecular flexibility index (Phi) is 5.83. The van der Waals surface area contributed by atoms with Crippen molar-refractivity contribution in [1.29, 1.82) is 0 Å². The Balaban J connectivity index is 2.43. The van der Waals surface area contributed by atoms with E-state index in [9.17, 15) is 9.18 Å². The molecule has 0 fully saturated rings. The summed E-state index contributed by atoms with van der Waals surface area (Å²) in [5.41, 5.74) is -0.0236. The lowest BCUT2D eigenvalue weighted by atomic mass is 10.0.